The molecule has 0 saturated carbocycles. The Morgan fingerprint density at radius 1 is 1.32 bits per heavy atom. The molecule has 2 unspecified atom stereocenters. The molecule has 0 saturated heterocycles. The Bertz CT molecular complexity index is 734. The number of nitrogens with one attached hydrogen (secondary N) is 1. The monoisotopic (exact) mass is 295 g/mol. The Morgan fingerprint density at radius 3 is 3.00 bits per heavy atom. The van der Waals surface area contributed by atoms with Gasteiger partial charge >= 0.3 is 0 Å². The van der Waals surface area contributed by atoms with Crippen LogP contribution in [0.1, 0.15) is 36.1 Å². The van der Waals surface area contributed by atoms with E-state index in [0.29, 0.717) is 0 Å². The molecule has 4 heteroatoms. The lowest BCUT2D eigenvalue weighted by molar-refractivity contribution is -0.123. The third-order valence-electron chi connectivity index (χ3n) is 4.96. The van der Waals surface area contributed by atoms with E-state index in [1.54, 1.807) is 0 Å². The molecule has 0 fully saturated rings. The second-order valence-corrected chi connectivity index (χ2v) is 6.58. The lowest BCUT2D eigenvalue weighted by Crippen LogP contribution is -2.41. The van der Waals surface area contributed by atoms with Crippen LogP contribution in [0, 0.1) is 12.8 Å². The SMILES string of the molecule is Cc1nc2c([nH]1)CC(C(=O)N1c3ccccc3CC1C)CC2. The highest BCUT2D eigenvalue weighted by atomic mass is 16.2. The molecule has 1 N–H and O–H groups in total. The van der Waals surface area contributed by atoms with E-state index in [1.807, 2.05) is 17.9 Å². The summed E-state index contributed by atoms with van der Waals surface area (Å²) in [6.07, 6.45) is 3.56. The maximum absolute atomic E-state index is 13.1. The Hall–Kier alpha value is -2.10. The van der Waals surface area contributed by atoms with Crippen molar-refractivity contribution in [3.63, 3.8) is 0 Å². The number of para-hydroxylation sites is 1. The molecule has 1 aromatic heterocycles. The minimum absolute atomic E-state index is 0.0703. The number of fused-ring (bicyclic) bond motifs is 2. The van der Waals surface area contributed by atoms with Crippen LogP contribution in [0.4, 0.5) is 5.69 Å². The van der Waals surface area contributed by atoms with Crippen molar-refractivity contribution in [1.29, 1.82) is 0 Å². The van der Waals surface area contributed by atoms with Crippen molar-refractivity contribution in [3.8, 4) is 0 Å². The minimum Gasteiger partial charge on any atom is -0.346 e. The fourth-order valence-electron chi connectivity index (χ4n) is 3.93. The number of aryl methyl sites for hydroxylation is 2. The number of aromatic amines is 1. The van der Waals surface area contributed by atoms with Gasteiger partial charge in [0.05, 0.1) is 5.69 Å². The van der Waals surface area contributed by atoms with Gasteiger partial charge in [0, 0.05) is 29.8 Å². The maximum atomic E-state index is 13.1. The molecular formula is C18H21N3O. The van der Waals surface area contributed by atoms with Gasteiger partial charge in [-0.15, -0.1) is 0 Å². The normalized spacial score (nSPS) is 23.3. The molecule has 2 aromatic rings. The first-order chi connectivity index (χ1) is 10.6. The number of amides is 1. The van der Waals surface area contributed by atoms with Crippen molar-refractivity contribution in [3.05, 3.63) is 47.0 Å². The number of aromatic nitrogens is 2. The van der Waals surface area contributed by atoms with Gasteiger partial charge in [-0.05, 0) is 44.7 Å². The molecule has 2 aliphatic rings. The smallest absolute Gasteiger partial charge is 0.230 e. The van der Waals surface area contributed by atoms with Crippen LogP contribution in [-0.2, 0) is 24.1 Å². The molecule has 4 rings (SSSR count). The topological polar surface area (TPSA) is 49.0 Å². The summed E-state index contributed by atoms with van der Waals surface area (Å²) in [4.78, 5) is 22.9. The first-order valence-corrected chi connectivity index (χ1v) is 8.09. The van der Waals surface area contributed by atoms with Crippen molar-refractivity contribution >= 4 is 11.6 Å². The third kappa shape index (κ3) is 2.05. The molecule has 1 amide bonds. The molecule has 4 nitrogen and oxygen atoms in total. The predicted molar refractivity (Wildman–Crippen MR) is 85.9 cm³/mol. The van der Waals surface area contributed by atoms with E-state index in [4.69, 9.17) is 0 Å². The standard InChI is InChI=1S/C18H21N3O/c1-11-9-13-5-3-4-6-17(13)21(11)18(22)14-7-8-15-16(10-14)20-12(2)19-15/h3-6,11,14H,7-10H2,1-2H3,(H,19,20). The number of hydrogen-bond donors (Lipinski definition) is 1. The fourth-order valence-corrected chi connectivity index (χ4v) is 3.93. The second-order valence-electron chi connectivity index (χ2n) is 6.58. The van der Waals surface area contributed by atoms with Crippen LogP contribution in [0.15, 0.2) is 24.3 Å². The van der Waals surface area contributed by atoms with E-state index in [2.05, 4.69) is 35.1 Å². The lowest BCUT2D eigenvalue weighted by atomic mass is 9.88. The van der Waals surface area contributed by atoms with Gasteiger partial charge in [-0.3, -0.25) is 4.79 Å². The number of imidazole rings is 1. The second kappa shape index (κ2) is 4.97. The molecule has 0 radical (unpaired) electrons. The zero-order valence-electron chi connectivity index (χ0n) is 13.1. The number of nitrogens with zero attached hydrogens (tertiary/aromatic N) is 2. The van der Waals surface area contributed by atoms with E-state index >= 15 is 0 Å². The van der Waals surface area contributed by atoms with Gasteiger partial charge in [-0.1, -0.05) is 18.2 Å². The predicted octanol–water partition coefficient (Wildman–Crippen LogP) is 2.80. The van der Waals surface area contributed by atoms with Crippen molar-refractivity contribution in [2.45, 2.75) is 45.6 Å². The Morgan fingerprint density at radius 2 is 2.14 bits per heavy atom. The first kappa shape index (κ1) is 13.6. The van der Waals surface area contributed by atoms with E-state index in [-0.39, 0.29) is 17.9 Å². The maximum Gasteiger partial charge on any atom is 0.230 e. The van der Waals surface area contributed by atoms with Crippen molar-refractivity contribution in [2.24, 2.45) is 5.92 Å². The molecule has 2 atom stereocenters. The number of anilines is 1. The minimum atomic E-state index is 0.0703. The summed E-state index contributed by atoms with van der Waals surface area (Å²) in [5.74, 6) is 1.30. The summed E-state index contributed by atoms with van der Waals surface area (Å²) in [5.41, 5.74) is 4.70. The zero-order chi connectivity index (χ0) is 15.3. The number of rotatable bonds is 1. The van der Waals surface area contributed by atoms with Crippen LogP contribution in [0.5, 0.6) is 0 Å². The summed E-state index contributed by atoms with van der Waals surface area (Å²) in [5, 5.41) is 0. The number of hydrogen-bond acceptors (Lipinski definition) is 2. The van der Waals surface area contributed by atoms with Gasteiger partial charge in [0.15, 0.2) is 0 Å². The largest absolute Gasteiger partial charge is 0.346 e. The van der Waals surface area contributed by atoms with Gasteiger partial charge in [0.2, 0.25) is 5.91 Å². The van der Waals surface area contributed by atoms with Gasteiger partial charge in [0.25, 0.3) is 0 Å². The first-order valence-electron chi connectivity index (χ1n) is 8.09. The highest BCUT2D eigenvalue weighted by Crippen LogP contribution is 2.35. The summed E-state index contributed by atoms with van der Waals surface area (Å²) in [6, 6.07) is 8.55. The van der Waals surface area contributed by atoms with Gasteiger partial charge in [-0.25, -0.2) is 4.98 Å². The molecule has 1 aromatic carbocycles. The molecule has 1 aliphatic carbocycles. The fraction of sp³-hybridized carbons (Fsp3) is 0.444. The van der Waals surface area contributed by atoms with E-state index in [1.165, 1.54) is 5.56 Å². The van der Waals surface area contributed by atoms with Crippen LogP contribution in [0.2, 0.25) is 0 Å². The number of H-pyrrole nitrogens is 1. The lowest BCUT2D eigenvalue weighted by Gasteiger charge is -2.29. The molecule has 22 heavy (non-hydrogen) atoms. The third-order valence-corrected chi connectivity index (χ3v) is 4.96. The highest BCUT2D eigenvalue weighted by Gasteiger charge is 2.36. The van der Waals surface area contributed by atoms with Crippen molar-refractivity contribution in [1.82, 2.24) is 9.97 Å². The van der Waals surface area contributed by atoms with E-state index < -0.39 is 0 Å². The van der Waals surface area contributed by atoms with E-state index in [9.17, 15) is 4.79 Å². The molecular weight excluding hydrogens is 274 g/mol. The van der Waals surface area contributed by atoms with Gasteiger partial charge < -0.3 is 9.88 Å². The average molecular weight is 295 g/mol. The van der Waals surface area contributed by atoms with Crippen LogP contribution in [-0.4, -0.2) is 21.9 Å². The summed E-state index contributed by atoms with van der Waals surface area (Å²) >= 11 is 0. The Kier molecular flexibility index (Phi) is 3.06. The van der Waals surface area contributed by atoms with Crippen molar-refractivity contribution < 1.29 is 4.79 Å². The summed E-state index contributed by atoms with van der Waals surface area (Å²) < 4.78 is 0. The summed E-state index contributed by atoms with van der Waals surface area (Å²) in [7, 11) is 0. The molecule has 0 bridgehead atoms. The van der Waals surface area contributed by atoms with Crippen LogP contribution >= 0.6 is 0 Å². The quantitative estimate of drug-likeness (QED) is 0.879. The van der Waals surface area contributed by atoms with Crippen LogP contribution < -0.4 is 4.90 Å². The number of carbonyl (C=O) groups excluding carboxylic acids is 1. The van der Waals surface area contributed by atoms with Crippen LogP contribution in [0.25, 0.3) is 0 Å². The summed E-state index contributed by atoms with van der Waals surface area (Å²) in [6.45, 7) is 4.13. The molecule has 1 aliphatic heterocycles. The molecule has 2 heterocycles. The zero-order valence-corrected chi connectivity index (χ0v) is 13.1. The average Bonchev–Trinajstić information content (AvgIpc) is 3.03. The Labute approximate surface area is 130 Å². The molecule has 0 spiro atoms. The number of carbonyl (C=O) groups is 1. The van der Waals surface area contributed by atoms with Gasteiger partial charge in [0.1, 0.15) is 5.82 Å². The van der Waals surface area contributed by atoms with Crippen LogP contribution in [0.3, 0.4) is 0 Å². The molecule has 114 valence electrons. The van der Waals surface area contributed by atoms with E-state index in [0.717, 1.165) is 48.6 Å². The van der Waals surface area contributed by atoms with Crippen molar-refractivity contribution in [2.75, 3.05) is 4.90 Å². The Balaban J connectivity index is 1.60. The number of benzene rings is 1. The highest BCUT2D eigenvalue weighted by molar-refractivity contribution is 5.97. The van der Waals surface area contributed by atoms with Gasteiger partial charge in [-0.2, -0.15) is 0 Å².